The largest absolute Gasteiger partial charge is 0.379 e. The van der Waals surface area contributed by atoms with Crippen LogP contribution in [0.25, 0.3) is 10.9 Å². The zero-order valence-electron chi connectivity index (χ0n) is 15.5. The van der Waals surface area contributed by atoms with Gasteiger partial charge < -0.3 is 25.4 Å². The maximum absolute atomic E-state index is 12.7. The number of amides is 3. The summed E-state index contributed by atoms with van der Waals surface area (Å²) in [6.45, 7) is 1.85. The van der Waals surface area contributed by atoms with Gasteiger partial charge in [-0.05, 0) is 41.0 Å². The lowest BCUT2D eigenvalue weighted by Gasteiger charge is -2.22. The van der Waals surface area contributed by atoms with Gasteiger partial charge in [0, 0.05) is 56.0 Å². The molecule has 0 spiro atoms. The molecule has 146 valence electrons. The summed E-state index contributed by atoms with van der Waals surface area (Å²) in [5, 5.41) is 11.0. The van der Waals surface area contributed by atoms with Crippen molar-refractivity contribution in [1.29, 1.82) is 0 Å². The van der Waals surface area contributed by atoms with Crippen LogP contribution >= 0.6 is 0 Å². The molecule has 4 rings (SSSR count). The van der Waals surface area contributed by atoms with Crippen molar-refractivity contribution in [3.63, 3.8) is 0 Å². The molecule has 0 atom stereocenters. The number of hydrogen-bond donors (Lipinski definition) is 2. The molecule has 3 amide bonds. The van der Waals surface area contributed by atoms with Crippen LogP contribution in [-0.2, 0) is 7.05 Å². The number of hydrogen-bond acceptors (Lipinski definition) is 6. The lowest BCUT2D eigenvalue weighted by Crippen LogP contribution is -2.39. The molecule has 0 unspecified atom stereocenters. The monoisotopic (exact) mass is 383 g/mol. The van der Waals surface area contributed by atoms with Crippen molar-refractivity contribution in [3.05, 3.63) is 36.2 Å². The first-order valence-electron chi connectivity index (χ1n) is 9.01. The summed E-state index contributed by atoms with van der Waals surface area (Å²) in [6, 6.07) is 7.62. The van der Waals surface area contributed by atoms with Crippen molar-refractivity contribution in [3.8, 4) is 0 Å². The highest BCUT2D eigenvalue weighted by molar-refractivity contribution is 5.96. The summed E-state index contributed by atoms with van der Waals surface area (Å²) in [7, 11) is 1.98. The van der Waals surface area contributed by atoms with Gasteiger partial charge in [-0.25, -0.2) is 9.42 Å². The third-order valence-electron chi connectivity index (χ3n) is 4.92. The highest BCUT2D eigenvalue weighted by atomic mass is 16.6. The Morgan fingerprint density at radius 2 is 1.89 bits per heavy atom. The SMILES string of the molecule is Cn1ccc2cc(NC(=O)N3CCCN(C(=O)c4nonc4N)CC3)ccc21. The van der Waals surface area contributed by atoms with E-state index in [4.69, 9.17) is 5.73 Å². The average molecular weight is 383 g/mol. The summed E-state index contributed by atoms with van der Waals surface area (Å²) in [5.74, 6) is -0.365. The molecule has 10 nitrogen and oxygen atoms in total. The van der Waals surface area contributed by atoms with Gasteiger partial charge in [0.25, 0.3) is 5.91 Å². The highest BCUT2D eigenvalue weighted by Crippen LogP contribution is 2.20. The Balaban J connectivity index is 1.40. The zero-order chi connectivity index (χ0) is 19.7. The predicted molar refractivity (Wildman–Crippen MR) is 103 cm³/mol. The minimum absolute atomic E-state index is 0.00839. The fourth-order valence-electron chi connectivity index (χ4n) is 3.38. The highest BCUT2D eigenvalue weighted by Gasteiger charge is 2.26. The van der Waals surface area contributed by atoms with E-state index in [9.17, 15) is 9.59 Å². The van der Waals surface area contributed by atoms with E-state index in [0.29, 0.717) is 32.6 Å². The number of urea groups is 1. The van der Waals surface area contributed by atoms with E-state index >= 15 is 0 Å². The predicted octanol–water partition coefficient (Wildman–Crippen LogP) is 1.52. The molecular formula is C18H21N7O3. The van der Waals surface area contributed by atoms with E-state index in [1.165, 1.54) is 0 Å². The molecular weight excluding hydrogens is 362 g/mol. The fourth-order valence-corrected chi connectivity index (χ4v) is 3.38. The van der Waals surface area contributed by atoms with E-state index in [0.717, 1.165) is 16.6 Å². The maximum atomic E-state index is 12.7. The first kappa shape index (κ1) is 17.8. The second kappa shape index (κ2) is 7.22. The second-order valence-corrected chi connectivity index (χ2v) is 6.76. The van der Waals surface area contributed by atoms with Crippen LogP contribution in [0.5, 0.6) is 0 Å². The van der Waals surface area contributed by atoms with Crippen molar-refractivity contribution in [1.82, 2.24) is 24.7 Å². The molecule has 10 heteroatoms. The molecule has 1 fully saturated rings. The van der Waals surface area contributed by atoms with Crippen LogP contribution in [0.3, 0.4) is 0 Å². The molecule has 3 N–H and O–H groups in total. The molecule has 1 aromatic carbocycles. The standard InChI is InChI=1S/C18H21N7O3/c1-23-8-5-12-11-13(3-4-14(12)23)20-18(27)25-7-2-6-24(9-10-25)17(26)15-16(19)22-28-21-15/h3-5,8,11H,2,6-7,9-10H2,1H3,(H2,19,22)(H,20,27). The number of aromatic nitrogens is 3. The van der Waals surface area contributed by atoms with Gasteiger partial charge >= 0.3 is 6.03 Å². The zero-order valence-corrected chi connectivity index (χ0v) is 15.5. The van der Waals surface area contributed by atoms with Gasteiger partial charge in [0.15, 0.2) is 0 Å². The van der Waals surface area contributed by atoms with Gasteiger partial charge in [0.05, 0.1) is 0 Å². The van der Waals surface area contributed by atoms with E-state index in [1.54, 1.807) is 9.80 Å². The number of carbonyl (C=O) groups is 2. The topological polar surface area (TPSA) is 123 Å². The van der Waals surface area contributed by atoms with Gasteiger partial charge in [-0.3, -0.25) is 4.79 Å². The Bertz CT molecular complexity index is 1030. The molecule has 3 heterocycles. The smallest absolute Gasteiger partial charge is 0.321 e. The van der Waals surface area contributed by atoms with E-state index in [1.807, 2.05) is 42.1 Å². The number of nitrogens with one attached hydrogen (secondary N) is 1. The van der Waals surface area contributed by atoms with Crippen LogP contribution in [0, 0.1) is 0 Å². The van der Waals surface area contributed by atoms with Crippen LogP contribution < -0.4 is 11.1 Å². The Morgan fingerprint density at radius 3 is 2.68 bits per heavy atom. The van der Waals surface area contributed by atoms with Crippen LogP contribution in [0.2, 0.25) is 0 Å². The van der Waals surface area contributed by atoms with Crippen molar-refractivity contribution in [2.24, 2.45) is 7.05 Å². The Labute approximate surface area is 160 Å². The summed E-state index contributed by atoms with van der Waals surface area (Å²) >= 11 is 0. The van der Waals surface area contributed by atoms with Gasteiger partial charge in [-0.2, -0.15) is 0 Å². The van der Waals surface area contributed by atoms with Crippen molar-refractivity contribution < 1.29 is 14.2 Å². The molecule has 0 radical (unpaired) electrons. The number of nitrogens with two attached hydrogens (primary N) is 1. The fraction of sp³-hybridized carbons (Fsp3) is 0.333. The average Bonchev–Trinajstić information content (AvgIpc) is 3.17. The normalized spacial score (nSPS) is 14.9. The molecule has 28 heavy (non-hydrogen) atoms. The lowest BCUT2D eigenvalue weighted by atomic mass is 10.2. The number of rotatable bonds is 2. The Kier molecular flexibility index (Phi) is 4.60. The maximum Gasteiger partial charge on any atom is 0.321 e. The second-order valence-electron chi connectivity index (χ2n) is 6.76. The number of fused-ring (bicyclic) bond motifs is 1. The first-order chi connectivity index (χ1) is 13.5. The number of anilines is 2. The molecule has 1 aliphatic rings. The number of carbonyl (C=O) groups excluding carboxylic acids is 2. The number of aryl methyl sites for hydroxylation is 1. The first-order valence-corrected chi connectivity index (χ1v) is 9.01. The van der Waals surface area contributed by atoms with Gasteiger partial charge in [0.2, 0.25) is 11.5 Å². The lowest BCUT2D eigenvalue weighted by molar-refractivity contribution is 0.0752. The quantitative estimate of drug-likeness (QED) is 0.692. The van der Waals surface area contributed by atoms with Crippen LogP contribution in [0.4, 0.5) is 16.3 Å². The van der Waals surface area contributed by atoms with Crippen molar-refractivity contribution in [2.75, 3.05) is 37.2 Å². The molecule has 3 aromatic rings. The minimum Gasteiger partial charge on any atom is -0.379 e. The number of nitrogen functional groups attached to an aromatic ring is 1. The number of benzene rings is 1. The molecule has 1 saturated heterocycles. The summed E-state index contributed by atoms with van der Waals surface area (Å²) in [4.78, 5) is 28.5. The van der Waals surface area contributed by atoms with Gasteiger partial charge in [-0.15, -0.1) is 0 Å². The summed E-state index contributed by atoms with van der Waals surface area (Å²) < 4.78 is 6.52. The van der Waals surface area contributed by atoms with Crippen LogP contribution in [0.15, 0.2) is 35.1 Å². The summed E-state index contributed by atoms with van der Waals surface area (Å²) in [6.07, 6.45) is 2.63. The molecule has 0 bridgehead atoms. The van der Waals surface area contributed by atoms with Crippen molar-refractivity contribution in [2.45, 2.75) is 6.42 Å². The minimum atomic E-state index is -0.337. The van der Waals surface area contributed by atoms with Crippen LogP contribution in [-0.4, -0.2) is 62.8 Å². The van der Waals surface area contributed by atoms with Crippen LogP contribution in [0.1, 0.15) is 16.9 Å². The third-order valence-corrected chi connectivity index (χ3v) is 4.92. The molecule has 1 aliphatic heterocycles. The van der Waals surface area contributed by atoms with Gasteiger partial charge in [-0.1, -0.05) is 0 Å². The Morgan fingerprint density at radius 1 is 1.11 bits per heavy atom. The van der Waals surface area contributed by atoms with Crippen molar-refractivity contribution >= 4 is 34.3 Å². The van der Waals surface area contributed by atoms with Gasteiger partial charge in [0.1, 0.15) is 0 Å². The molecule has 0 saturated carbocycles. The third kappa shape index (κ3) is 3.36. The Hall–Kier alpha value is -3.56. The molecule has 0 aliphatic carbocycles. The van der Waals surface area contributed by atoms with E-state index < -0.39 is 0 Å². The molecule has 2 aromatic heterocycles. The summed E-state index contributed by atoms with van der Waals surface area (Å²) in [5.41, 5.74) is 7.45. The number of nitrogens with zero attached hydrogens (tertiary/aromatic N) is 5. The van der Waals surface area contributed by atoms with E-state index in [2.05, 4.69) is 20.3 Å². The van der Waals surface area contributed by atoms with E-state index in [-0.39, 0.29) is 23.5 Å².